The van der Waals surface area contributed by atoms with Crippen molar-refractivity contribution in [2.75, 3.05) is 52.4 Å². The molecule has 33 heavy (non-hydrogen) atoms. The van der Waals surface area contributed by atoms with Crippen molar-refractivity contribution in [3.05, 3.63) is 54.6 Å². The molecule has 0 aliphatic carbocycles. The van der Waals surface area contributed by atoms with E-state index in [-0.39, 0.29) is 5.91 Å². The lowest BCUT2D eigenvalue weighted by Crippen LogP contribution is -2.48. The second-order valence-corrected chi connectivity index (χ2v) is 7.75. The Morgan fingerprint density at radius 2 is 1.64 bits per heavy atom. The summed E-state index contributed by atoms with van der Waals surface area (Å²) in [4.78, 5) is 21.3. The van der Waals surface area contributed by atoms with Crippen LogP contribution in [-0.2, 0) is 11.2 Å². The van der Waals surface area contributed by atoms with E-state index in [2.05, 4.69) is 9.88 Å². The molecule has 1 amide bonds. The number of rotatable bonds is 8. The fraction of sp³-hybridized carbons (Fsp3) is 0.360. The maximum absolute atomic E-state index is 12.7. The summed E-state index contributed by atoms with van der Waals surface area (Å²) in [6.07, 6.45) is 2.48. The third-order valence-electron chi connectivity index (χ3n) is 5.85. The fourth-order valence-corrected chi connectivity index (χ4v) is 3.93. The van der Waals surface area contributed by atoms with Crippen LogP contribution in [0, 0.1) is 0 Å². The third kappa shape index (κ3) is 5.22. The van der Waals surface area contributed by atoms with Crippen molar-refractivity contribution >= 4 is 11.6 Å². The number of anilines is 1. The van der Waals surface area contributed by atoms with E-state index in [1.807, 2.05) is 41.3 Å². The third-order valence-corrected chi connectivity index (χ3v) is 5.85. The molecule has 174 valence electrons. The zero-order chi connectivity index (χ0) is 23.2. The number of hydrogen-bond acceptors (Lipinski definition) is 7. The number of oxazole rings is 1. The lowest BCUT2D eigenvalue weighted by atomic mass is 10.1. The number of benzene rings is 2. The lowest BCUT2D eigenvalue weighted by molar-refractivity contribution is -0.131. The van der Waals surface area contributed by atoms with Gasteiger partial charge in [0.2, 0.25) is 5.91 Å². The van der Waals surface area contributed by atoms with Crippen LogP contribution in [0.5, 0.6) is 17.2 Å². The van der Waals surface area contributed by atoms with Gasteiger partial charge in [0.05, 0.1) is 33.1 Å². The van der Waals surface area contributed by atoms with Gasteiger partial charge in [-0.2, -0.15) is 0 Å². The molecule has 1 aromatic heterocycles. The summed E-state index contributed by atoms with van der Waals surface area (Å²) in [6, 6.07) is 13.5. The average Bonchev–Trinajstić information content (AvgIpc) is 3.35. The Morgan fingerprint density at radius 1 is 0.939 bits per heavy atom. The minimum Gasteiger partial charge on any atom is -0.497 e. The van der Waals surface area contributed by atoms with Gasteiger partial charge in [-0.05, 0) is 36.4 Å². The van der Waals surface area contributed by atoms with E-state index < -0.39 is 0 Å². The molecule has 1 saturated heterocycles. The number of carbonyl (C=O) groups excluding carboxylic acids is 1. The predicted molar refractivity (Wildman–Crippen MR) is 125 cm³/mol. The molecule has 1 aliphatic rings. The molecular formula is C25H29N3O5. The molecule has 0 radical (unpaired) electrons. The second-order valence-electron chi connectivity index (χ2n) is 7.75. The maximum atomic E-state index is 12.7. The number of carbonyl (C=O) groups is 1. The van der Waals surface area contributed by atoms with Gasteiger partial charge in [-0.1, -0.05) is 0 Å². The standard InChI is InChI=1S/C25H29N3O5/c1-30-19-6-4-18(5-7-19)27-12-14-28(15-13-27)25(29)11-10-24-26-17-23(33-24)21-9-8-20(31-2)16-22(21)32-3/h4-9,16-17H,10-15H2,1-3H3. The summed E-state index contributed by atoms with van der Waals surface area (Å²) in [5, 5.41) is 0. The van der Waals surface area contributed by atoms with Gasteiger partial charge >= 0.3 is 0 Å². The van der Waals surface area contributed by atoms with Gasteiger partial charge in [0.25, 0.3) is 0 Å². The monoisotopic (exact) mass is 451 g/mol. The first-order valence-corrected chi connectivity index (χ1v) is 10.9. The fourth-order valence-electron chi connectivity index (χ4n) is 3.93. The summed E-state index contributed by atoms with van der Waals surface area (Å²) < 4.78 is 21.8. The molecule has 8 heteroatoms. The summed E-state index contributed by atoms with van der Waals surface area (Å²) in [7, 11) is 4.87. The van der Waals surface area contributed by atoms with Crippen molar-refractivity contribution in [3.63, 3.8) is 0 Å². The van der Waals surface area contributed by atoms with Crippen LogP contribution in [-0.4, -0.2) is 63.3 Å². The van der Waals surface area contributed by atoms with Crippen LogP contribution in [0.15, 0.2) is 53.1 Å². The summed E-state index contributed by atoms with van der Waals surface area (Å²) in [6.45, 7) is 3.01. The lowest BCUT2D eigenvalue weighted by Gasteiger charge is -2.36. The highest BCUT2D eigenvalue weighted by Gasteiger charge is 2.22. The van der Waals surface area contributed by atoms with E-state index in [0.717, 1.165) is 30.1 Å². The number of methoxy groups -OCH3 is 3. The zero-order valence-electron chi connectivity index (χ0n) is 19.2. The van der Waals surface area contributed by atoms with Gasteiger partial charge in [-0.15, -0.1) is 0 Å². The Kier molecular flexibility index (Phi) is 7.02. The van der Waals surface area contributed by atoms with Crippen LogP contribution >= 0.6 is 0 Å². The molecule has 2 heterocycles. The van der Waals surface area contributed by atoms with Crippen LogP contribution in [0.2, 0.25) is 0 Å². The van der Waals surface area contributed by atoms with Crippen molar-refractivity contribution in [2.24, 2.45) is 0 Å². The van der Waals surface area contributed by atoms with Crippen LogP contribution < -0.4 is 19.1 Å². The molecule has 4 rings (SSSR count). The molecule has 8 nitrogen and oxygen atoms in total. The highest BCUT2D eigenvalue weighted by atomic mass is 16.5. The highest BCUT2D eigenvalue weighted by Crippen LogP contribution is 2.33. The molecular weight excluding hydrogens is 422 g/mol. The number of hydrogen-bond donors (Lipinski definition) is 0. The van der Waals surface area contributed by atoms with Crippen LogP contribution in [0.1, 0.15) is 12.3 Å². The normalized spacial score (nSPS) is 13.7. The van der Waals surface area contributed by atoms with E-state index in [9.17, 15) is 4.79 Å². The van der Waals surface area contributed by atoms with Gasteiger partial charge in [0.15, 0.2) is 11.7 Å². The van der Waals surface area contributed by atoms with Crippen molar-refractivity contribution in [1.29, 1.82) is 0 Å². The molecule has 0 saturated carbocycles. The maximum Gasteiger partial charge on any atom is 0.223 e. The van der Waals surface area contributed by atoms with E-state index in [1.54, 1.807) is 33.6 Å². The van der Waals surface area contributed by atoms with E-state index in [4.69, 9.17) is 18.6 Å². The number of amides is 1. The van der Waals surface area contributed by atoms with Gasteiger partial charge < -0.3 is 28.4 Å². The first-order chi connectivity index (χ1) is 16.1. The topological polar surface area (TPSA) is 77.3 Å². The summed E-state index contributed by atoms with van der Waals surface area (Å²) in [5.74, 6) is 3.44. The van der Waals surface area contributed by atoms with Crippen LogP contribution in [0.25, 0.3) is 11.3 Å². The minimum atomic E-state index is 0.117. The number of aromatic nitrogens is 1. The van der Waals surface area contributed by atoms with Gasteiger partial charge in [0.1, 0.15) is 17.2 Å². The molecule has 0 atom stereocenters. The van der Waals surface area contributed by atoms with Gasteiger partial charge in [-0.3, -0.25) is 4.79 Å². The van der Waals surface area contributed by atoms with E-state index in [0.29, 0.717) is 49.1 Å². The molecule has 0 N–H and O–H groups in total. The Bertz CT molecular complexity index is 1070. The number of ether oxygens (including phenoxy) is 3. The first kappa shape index (κ1) is 22.5. The Labute approximate surface area is 193 Å². The molecule has 2 aromatic carbocycles. The zero-order valence-corrected chi connectivity index (χ0v) is 19.2. The Hall–Kier alpha value is -3.68. The van der Waals surface area contributed by atoms with Crippen LogP contribution in [0.3, 0.4) is 0 Å². The second kappa shape index (κ2) is 10.3. The highest BCUT2D eigenvalue weighted by molar-refractivity contribution is 5.76. The molecule has 1 aliphatic heterocycles. The SMILES string of the molecule is COc1ccc(N2CCN(C(=O)CCc3ncc(-c4ccc(OC)cc4OC)o3)CC2)cc1. The van der Waals surface area contributed by atoms with Gasteiger partial charge in [-0.25, -0.2) is 4.98 Å². The van der Waals surface area contributed by atoms with E-state index in [1.165, 1.54) is 0 Å². The quantitative estimate of drug-likeness (QED) is 0.517. The molecule has 3 aromatic rings. The number of aryl methyl sites for hydroxylation is 1. The molecule has 0 spiro atoms. The summed E-state index contributed by atoms with van der Waals surface area (Å²) in [5.41, 5.74) is 1.93. The van der Waals surface area contributed by atoms with Crippen molar-refractivity contribution in [2.45, 2.75) is 12.8 Å². The average molecular weight is 452 g/mol. The molecule has 0 bridgehead atoms. The van der Waals surface area contributed by atoms with Crippen molar-refractivity contribution < 1.29 is 23.4 Å². The van der Waals surface area contributed by atoms with Crippen LogP contribution in [0.4, 0.5) is 5.69 Å². The Morgan fingerprint density at radius 3 is 2.30 bits per heavy atom. The van der Waals surface area contributed by atoms with E-state index >= 15 is 0 Å². The number of piperazine rings is 1. The van der Waals surface area contributed by atoms with Crippen molar-refractivity contribution in [3.8, 4) is 28.6 Å². The number of nitrogens with zero attached hydrogens (tertiary/aromatic N) is 3. The smallest absolute Gasteiger partial charge is 0.223 e. The molecule has 1 fully saturated rings. The minimum absolute atomic E-state index is 0.117. The van der Waals surface area contributed by atoms with Crippen molar-refractivity contribution in [1.82, 2.24) is 9.88 Å². The predicted octanol–water partition coefficient (Wildman–Crippen LogP) is 3.65. The van der Waals surface area contributed by atoms with Gasteiger partial charge in [0, 0.05) is 50.8 Å². The Balaban J connectivity index is 1.30. The first-order valence-electron chi connectivity index (χ1n) is 10.9. The largest absolute Gasteiger partial charge is 0.497 e. The molecule has 0 unspecified atom stereocenters. The summed E-state index contributed by atoms with van der Waals surface area (Å²) >= 11 is 0.